The van der Waals surface area contributed by atoms with Gasteiger partial charge in [0.2, 0.25) is 0 Å². The van der Waals surface area contributed by atoms with Crippen molar-refractivity contribution in [2.24, 2.45) is 0 Å². The van der Waals surface area contributed by atoms with Crippen LogP contribution in [0.3, 0.4) is 0 Å². The smallest absolute Gasteiger partial charge is 0.180 e. The molecule has 0 unspecified atom stereocenters. The van der Waals surface area contributed by atoms with E-state index in [1.807, 2.05) is 6.07 Å². The Balaban J connectivity index is 2.07. The predicted octanol–water partition coefficient (Wildman–Crippen LogP) is 3.54. The summed E-state index contributed by atoms with van der Waals surface area (Å²) in [6, 6.07) is 9.71. The van der Waals surface area contributed by atoms with Gasteiger partial charge in [0, 0.05) is 13.1 Å². The summed E-state index contributed by atoms with van der Waals surface area (Å²) in [5, 5.41) is 12.8. The second-order valence-corrected chi connectivity index (χ2v) is 5.91. The molecule has 24 heavy (non-hydrogen) atoms. The fourth-order valence-electron chi connectivity index (χ4n) is 2.18. The summed E-state index contributed by atoms with van der Waals surface area (Å²) < 4.78 is 24.0. The second-order valence-electron chi connectivity index (χ2n) is 5.50. The van der Waals surface area contributed by atoms with Crippen LogP contribution in [0.2, 0.25) is 5.02 Å². The Labute approximate surface area is 146 Å². The highest BCUT2D eigenvalue weighted by Gasteiger charge is 2.12. The van der Waals surface area contributed by atoms with Crippen molar-refractivity contribution in [3.8, 4) is 11.5 Å². The number of halogens is 2. The van der Waals surface area contributed by atoms with Crippen molar-refractivity contribution in [1.82, 2.24) is 5.32 Å². The Morgan fingerprint density at radius 2 is 1.92 bits per heavy atom. The second kappa shape index (κ2) is 8.87. The minimum atomic E-state index is -0.416. The highest BCUT2D eigenvalue weighted by atomic mass is 35.5. The van der Waals surface area contributed by atoms with E-state index >= 15 is 0 Å². The van der Waals surface area contributed by atoms with Crippen LogP contribution in [0.4, 0.5) is 4.39 Å². The summed E-state index contributed by atoms with van der Waals surface area (Å²) >= 11 is 6.30. The molecule has 0 bridgehead atoms. The number of hydrogen-bond donors (Lipinski definition) is 2. The number of aliphatic hydroxyl groups is 1. The quantitative estimate of drug-likeness (QED) is 0.762. The van der Waals surface area contributed by atoms with Gasteiger partial charge in [0.1, 0.15) is 12.4 Å². The molecule has 0 fully saturated rings. The number of rotatable bonds is 8. The summed E-state index contributed by atoms with van der Waals surface area (Å²) in [6.45, 7) is 3.02. The van der Waals surface area contributed by atoms with E-state index in [1.165, 1.54) is 12.1 Å². The average molecular weight is 354 g/mol. The lowest BCUT2D eigenvalue weighted by Crippen LogP contribution is -2.23. The van der Waals surface area contributed by atoms with Crippen molar-refractivity contribution in [2.45, 2.75) is 26.2 Å². The molecule has 0 saturated carbocycles. The molecule has 130 valence electrons. The Kier molecular flexibility index (Phi) is 6.85. The summed E-state index contributed by atoms with van der Waals surface area (Å²) in [7, 11) is 1.55. The third kappa shape index (κ3) is 5.37. The predicted molar refractivity (Wildman–Crippen MR) is 92.1 cm³/mol. The van der Waals surface area contributed by atoms with Gasteiger partial charge in [0.25, 0.3) is 0 Å². The number of aliphatic hydroxyl groups excluding tert-OH is 1. The molecule has 0 aliphatic heterocycles. The zero-order valence-electron chi connectivity index (χ0n) is 13.7. The fraction of sp³-hybridized carbons (Fsp3) is 0.333. The van der Waals surface area contributed by atoms with Crippen molar-refractivity contribution in [2.75, 3.05) is 13.7 Å². The fourth-order valence-corrected chi connectivity index (χ4v) is 2.46. The SMILES string of the molecule is COc1cc(CNC[C@@H](C)O)cc(Cl)c1OCc1ccc(F)cc1. The van der Waals surface area contributed by atoms with Gasteiger partial charge >= 0.3 is 0 Å². The van der Waals surface area contributed by atoms with E-state index in [0.29, 0.717) is 29.6 Å². The average Bonchev–Trinajstić information content (AvgIpc) is 2.54. The van der Waals surface area contributed by atoms with Crippen LogP contribution in [-0.2, 0) is 13.2 Å². The van der Waals surface area contributed by atoms with Crippen LogP contribution in [0.25, 0.3) is 0 Å². The van der Waals surface area contributed by atoms with Gasteiger partial charge in [-0.05, 0) is 42.3 Å². The molecule has 0 aliphatic carbocycles. The molecule has 1 atom stereocenters. The molecule has 4 nitrogen and oxygen atoms in total. The molecule has 0 radical (unpaired) electrons. The van der Waals surface area contributed by atoms with Crippen molar-refractivity contribution in [3.63, 3.8) is 0 Å². The minimum absolute atomic E-state index is 0.260. The maximum absolute atomic E-state index is 12.9. The number of methoxy groups -OCH3 is 1. The first-order valence-corrected chi connectivity index (χ1v) is 8.00. The molecule has 0 aromatic heterocycles. The number of benzene rings is 2. The third-order valence-electron chi connectivity index (χ3n) is 3.35. The molecular formula is C18H21ClFNO3. The van der Waals surface area contributed by atoms with Gasteiger partial charge in [0.15, 0.2) is 11.5 Å². The van der Waals surface area contributed by atoms with E-state index in [1.54, 1.807) is 32.2 Å². The van der Waals surface area contributed by atoms with Crippen LogP contribution in [0.5, 0.6) is 11.5 Å². The van der Waals surface area contributed by atoms with Gasteiger partial charge in [-0.1, -0.05) is 23.7 Å². The minimum Gasteiger partial charge on any atom is -0.493 e. The number of nitrogens with one attached hydrogen (secondary N) is 1. The monoisotopic (exact) mass is 353 g/mol. The van der Waals surface area contributed by atoms with Gasteiger partial charge in [-0.3, -0.25) is 0 Å². The van der Waals surface area contributed by atoms with E-state index in [0.717, 1.165) is 11.1 Å². The lowest BCUT2D eigenvalue weighted by atomic mass is 10.2. The van der Waals surface area contributed by atoms with E-state index in [2.05, 4.69) is 5.32 Å². The Morgan fingerprint density at radius 3 is 2.54 bits per heavy atom. The zero-order chi connectivity index (χ0) is 17.5. The Hall–Kier alpha value is -1.82. The largest absolute Gasteiger partial charge is 0.493 e. The topological polar surface area (TPSA) is 50.7 Å². The maximum Gasteiger partial charge on any atom is 0.180 e. The van der Waals surface area contributed by atoms with Gasteiger partial charge in [-0.2, -0.15) is 0 Å². The van der Waals surface area contributed by atoms with Crippen LogP contribution < -0.4 is 14.8 Å². The van der Waals surface area contributed by atoms with Gasteiger partial charge in [-0.25, -0.2) is 4.39 Å². The van der Waals surface area contributed by atoms with Gasteiger partial charge < -0.3 is 19.9 Å². The summed E-state index contributed by atoms with van der Waals surface area (Å²) in [5.74, 6) is 0.685. The van der Waals surface area contributed by atoms with Crippen LogP contribution in [0.15, 0.2) is 36.4 Å². The first-order chi connectivity index (χ1) is 11.5. The van der Waals surface area contributed by atoms with Crippen LogP contribution in [0, 0.1) is 5.82 Å². The molecule has 6 heteroatoms. The highest BCUT2D eigenvalue weighted by molar-refractivity contribution is 6.32. The highest BCUT2D eigenvalue weighted by Crippen LogP contribution is 2.37. The third-order valence-corrected chi connectivity index (χ3v) is 3.64. The Bertz CT molecular complexity index is 662. The zero-order valence-corrected chi connectivity index (χ0v) is 14.4. The number of ether oxygens (including phenoxy) is 2. The van der Waals surface area contributed by atoms with Crippen LogP contribution in [-0.4, -0.2) is 24.9 Å². The van der Waals surface area contributed by atoms with Crippen molar-refractivity contribution < 1.29 is 19.0 Å². The lowest BCUT2D eigenvalue weighted by Gasteiger charge is -2.15. The normalized spacial score (nSPS) is 12.0. The summed E-state index contributed by atoms with van der Waals surface area (Å²) in [6.07, 6.45) is -0.416. The van der Waals surface area contributed by atoms with Crippen LogP contribution >= 0.6 is 11.6 Å². The van der Waals surface area contributed by atoms with Crippen molar-refractivity contribution >= 4 is 11.6 Å². The van der Waals surface area contributed by atoms with Gasteiger partial charge in [-0.15, -0.1) is 0 Å². The van der Waals surface area contributed by atoms with Crippen molar-refractivity contribution in [1.29, 1.82) is 0 Å². The Morgan fingerprint density at radius 1 is 1.21 bits per heavy atom. The number of hydrogen-bond acceptors (Lipinski definition) is 4. The molecule has 0 spiro atoms. The molecule has 2 aromatic rings. The lowest BCUT2D eigenvalue weighted by molar-refractivity contribution is 0.191. The molecule has 2 rings (SSSR count). The first-order valence-electron chi connectivity index (χ1n) is 7.62. The van der Waals surface area contributed by atoms with E-state index in [9.17, 15) is 9.50 Å². The van der Waals surface area contributed by atoms with E-state index < -0.39 is 6.10 Å². The van der Waals surface area contributed by atoms with E-state index in [4.69, 9.17) is 21.1 Å². The first kappa shape index (κ1) is 18.5. The molecule has 2 aromatic carbocycles. The maximum atomic E-state index is 12.9. The van der Waals surface area contributed by atoms with E-state index in [-0.39, 0.29) is 12.4 Å². The summed E-state index contributed by atoms with van der Waals surface area (Å²) in [5.41, 5.74) is 1.75. The molecule has 0 aliphatic rings. The van der Waals surface area contributed by atoms with Crippen molar-refractivity contribution in [3.05, 3.63) is 58.4 Å². The van der Waals surface area contributed by atoms with Crippen LogP contribution in [0.1, 0.15) is 18.1 Å². The van der Waals surface area contributed by atoms with Gasteiger partial charge in [0.05, 0.1) is 18.2 Å². The standard InChI is InChI=1S/C18H21ClFNO3/c1-12(22)9-21-10-14-7-16(19)18(17(8-14)23-2)24-11-13-3-5-15(20)6-4-13/h3-8,12,21-22H,9-11H2,1-2H3/t12-/m1/s1. The summed E-state index contributed by atoms with van der Waals surface area (Å²) in [4.78, 5) is 0. The molecule has 0 amide bonds. The molecular weight excluding hydrogens is 333 g/mol. The molecule has 2 N–H and O–H groups in total. The molecule has 0 heterocycles. The molecule has 0 saturated heterocycles.